The molecule has 0 aromatic carbocycles. The van der Waals surface area contributed by atoms with Crippen LogP contribution in [0.3, 0.4) is 0 Å². The lowest BCUT2D eigenvalue weighted by Crippen LogP contribution is -2.00. The molecule has 1 unspecified atom stereocenters. The van der Waals surface area contributed by atoms with Crippen LogP contribution in [-0.4, -0.2) is 26.2 Å². The van der Waals surface area contributed by atoms with Crippen LogP contribution in [0.15, 0.2) is 0 Å². The molecule has 0 amide bonds. The largest absolute Gasteiger partial charge is 0.469 e. The quantitative estimate of drug-likeness (QED) is 0.212. The average molecular weight is 371 g/mol. The smallest absolute Gasteiger partial charge is 0.305 e. The second-order valence-corrected chi connectivity index (χ2v) is 7.39. The monoisotopic (exact) mass is 370 g/mol. The van der Waals surface area contributed by atoms with Crippen molar-refractivity contribution in [3.63, 3.8) is 0 Å². The van der Waals surface area contributed by atoms with E-state index in [-0.39, 0.29) is 11.9 Å². The van der Waals surface area contributed by atoms with Gasteiger partial charge in [0.15, 0.2) is 0 Å². The van der Waals surface area contributed by atoms with Crippen LogP contribution in [-0.2, 0) is 19.1 Å². The standard InChI is InChI=1S/C22H42O4/c1-4-20(17-13-10-11-15-19-22(24)26-3)16-12-8-6-5-7-9-14-18-21(23)25-2/h20H,4-19H2,1-3H3. The van der Waals surface area contributed by atoms with E-state index < -0.39 is 0 Å². The van der Waals surface area contributed by atoms with Crippen LogP contribution < -0.4 is 0 Å². The molecule has 0 aliphatic heterocycles. The minimum Gasteiger partial charge on any atom is -0.469 e. The Hall–Kier alpha value is -1.06. The minimum absolute atomic E-state index is 0.0834. The summed E-state index contributed by atoms with van der Waals surface area (Å²) in [6, 6.07) is 0. The van der Waals surface area contributed by atoms with Crippen LogP contribution in [0.25, 0.3) is 0 Å². The molecule has 1 atom stereocenters. The molecule has 154 valence electrons. The Kier molecular flexibility index (Phi) is 18.0. The zero-order chi connectivity index (χ0) is 19.5. The molecule has 0 saturated heterocycles. The van der Waals surface area contributed by atoms with Gasteiger partial charge >= 0.3 is 11.9 Å². The van der Waals surface area contributed by atoms with Gasteiger partial charge in [-0.3, -0.25) is 9.59 Å². The summed E-state index contributed by atoms with van der Waals surface area (Å²) in [5, 5.41) is 0. The first-order chi connectivity index (χ1) is 12.6. The predicted molar refractivity (Wildman–Crippen MR) is 107 cm³/mol. The molecule has 0 bridgehead atoms. The summed E-state index contributed by atoms with van der Waals surface area (Å²) in [5.74, 6) is 0.703. The topological polar surface area (TPSA) is 52.6 Å². The first-order valence-electron chi connectivity index (χ1n) is 10.8. The van der Waals surface area contributed by atoms with E-state index in [0.717, 1.165) is 31.6 Å². The summed E-state index contributed by atoms with van der Waals surface area (Å²) in [5.41, 5.74) is 0. The molecule has 0 aromatic rings. The second kappa shape index (κ2) is 18.7. The summed E-state index contributed by atoms with van der Waals surface area (Å²) in [7, 11) is 2.91. The number of esters is 2. The SMILES string of the molecule is CCC(CCCCCCCCCC(=O)OC)CCCCCCC(=O)OC. The van der Waals surface area contributed by atoms with Crippen LogP contribution in [0.1, 0.15) is 110 Å². The lowest BCUT2D eigenvalue weighted by molar-refractivity contribution is -0.141. The van der Waals surface area contributed by atoms with E-state index >= 15 is 0 Å². The summed E-state index contributed by atoms with van der Waals surface area (Å²) in [6.45, 7) is 2.31. The van der Waals surface area contributed by atoms with E-state index in [1.807, 2.05) is 0 Å². The van der Waals surface area contributed by atoms with Crippen molar-refractivity contribution >= 4 is 11.9 Å². The summed E-state index contributed by atoms with van der Waals surface area (Å²) >= 11 is 0. The molecular weight excluding hydrogens is 328 g/mol. The highest BCUT2D eigenvalue weighted by molar-refractivity contribution is 5.69. The highest BCUT2D eigenvalue weighted by Gasteiger charge is 2.06. The minimum atomic E-state index is -0.0842. The molecule has 0 rings (SSSR count). The molecular formula is C22H42O4. The Balaban J connectivity index is 3.39. The van der Waals surface area contributed by atoms with E-state index in [9.17, 15) is 9.59 Å². The maximum atomic E-state index is 11.0. The highest BCUT2D eigenvalue weighted by atomic mass is 16.5. The molecule has 0 saturated carbocycles. The van der Waals surface area contributed by atoms with Crippen molar-refractivity contribution in [2.24, 2.45) is 5.92 Å². The zero-order valence-electron chi connectivity index (χ0n) is 17.5. The normalized spacial score (nSPS) is 12.0. The Bertz CT molecular complexity index is 341. The molecule has 0 radical (unpaired) electrons. The number of carbonyl (C=O) groups is 2. The predicted octanol–water partition coefficient (Wildman–Crippen LogP) is 6.21. The number of carbonyl (C=O) groups excluding carboxylic acids is 2. The van der Waals surface area contributed by atoms with Crippen molar-refractivity contribution in [2.45, 2.75) is 110 Å². The van der Waals surface area contributed by atoms with Gasteiger partial charge in [-0.25, -0.2) is 0 Å². The number of rotatable bonds is 18. The van der Waals surface area contributed by atoms with Crippen molar-refractivity contribution in [3.8, 4) is 0 Å². The van der Waals surface area contributed by atoms with E-state index in [1.165, 1.54) is 78.4 Å². The Morgan fingerprint density at radius 2 is 0.962 bits per heavy atom. The molecule has 0 aliphatic carbocycles. The zero-order valence-corrected chi connectivity index (χ0v) is 17.5. The van der Waals surface area contributed by atoms with E-state index in [2.05, 4.69) is 16.4 Å². The maximum Gasteiger partial charge on any atom is 0.305 e. The van der Waals surface area contributed by atoms with Gasteiger partial charge in [0.2, 0.25) is 0 Å². The number of unbranched alkanes of at least 4 members (excludes halogenated alkanes) is 9. The molecule has 0 fully saturated rings. The molecule has 4 nitrogen and oxygen atoms in total. The van der Waals surface area contributed by atoms with Gasteiger partial charge in [-0.05, 0) is 18.8 Å². The van der Waals surface area contributed by atoms with E-state index in [1.54, 1.807) is 0 Å². The van der Waals surface area contributed by atoms with Crippen LogP contribution >= 0.6 is 0 Å². The van der Waals surface area contributed by atoms with Crippen LogP contribution in [0, 0.1) is 5.92 Å². The number of methoxy groups -OCH3 is 2. The summed E-state index contributed by atoms with van der Waals surface area (Å²) in [4.78, 5) is 22.0. The van der Waals surface area contributed by atoms with E-state index in [4.69, 9.17) is 0 Å². The number of hydrogen-bond acceptors (Lipinski definition) is 4. The fourth-order valence-electron chi connectivity index (χ4n) is 3.40. The van der Waals surface area contributed by atoms with Gasteiger partial charge in [0.25, 0.3) is 0 Å². The van der Waals surface area contributed by atoms with Crippen molar-refractivity contribution in [1.82, 2.24) is 0 Å². The van der Waals surface area contributed by atoms with Gasteiger partial charge in [-0.1, -0.05) is 84.0 Å². The van der Waals surface area contributed by atoms with Gasteiger partial charge in [-0.15, -0.1) is 0 Å². The van der Waals surface area contributed by atoms with Gasteiger partial charge < -0.3 is 9.47 Å². The number of hydrogen-bond donors (Lipinski definition) is 0. The van der Waals surface area contributed by atoms with Crippen LogP contribution in [0.4, 0.5) is 0 Å². The maximum absolute atomic E-state index is 11.0. The Morgan fingerprint density at radius 3 is 1.31 bits per heavy atom. The molecule has 0 spiro atoms. The Labute approximate surface area is 161 Å². The molecule has 0 aromatic heterocycles. The number of ether oxygens (including phenoxy) is 2. The fraction of sp³-hybridized carbons (Fsp3) is 0.909. The average Bonchev–Trinajstić information content (AvgIpc) is 2.66. The molecule has 26 heavy (non-hydrogen) atoms. The van der Waals surface area contributed by atoms with Crippen molar-refractivity contribution < 1.29 is 19.1 Å². The summed E-state index contributed by atoms with van der Waals surface area (Å²) < 4.78 is 9.31. The van der Waals surface area contributed by atoms with Gasteiger partial charge in [0.05, 0.1) is 14.2 Å². The summed E-state index contributed by atoms with van der Waals surface area (Å²) in [6.07, 6.45) is 18.4. The highest BCUT2D eigenvalue weighted by Crippen LogP contribution is 2.21. The Morgan fingerprint density at radius 1 is 0.615 bits per heavy atom. The third-order valence-electron chi connectivity index (χ3n) is 5.27. The molecule has 0 aliphatic rings. The second-order valence-electron chi connectivity index (χ2n) is 7.39. The van der Waals surface area contributed by atoms with Crippen LogP contribution in [0.5, 0.6) is 0 Å². The molecule has 0 N–H and O–H groups in total. The van der Waals surface area contributed by atoms with E-state index in [0.29, 0.717) is 12.8 Å². The molecule has 4 heteroatoms. The van der Waals surface area contributed by atoms with Gasteiger partial charge in [0, 0.05) is 12.8 Å². The first kappa shape index (κ1) is 24.9. The van der Waals surface area contributed by atoms with Crippen LogP contribution in [0.2, 0.25) is 0 Å². The first-order valence-corrected chi connectivity index (χ1v) is 10.8. The fourth-order valence-corrected chi connectivity index (χ4v) is 3.40. The van der Waals surface area contributed by atoms with Gasteiger partial charge in [0.1, 0.15) is 0 Å². The lowest BCUT2D eigenvalue weighted by atomic mass is 9.92. The van der Waals surface area contributed by atoms with Crippen molar-refractivity contribution in [3.05, 3.63) is 0 Å². The van der Waals surface area contributed by atoms with Crippen molar-refractivity contribution in [1.29, 1.82) is 0 Å². The lowest BCUT2D eigenvalue weighted by Gasteiger charge is -2.14. The molecule has 0 heterocycles. The van der Waals surface area contributed by atoms with Crippen molar-refractivity contribution in [2.75, 3.05) is 14.2 Å². The third-order valence-corrected chi connectivity index (χ3v) is 5.27. The third kappa shape index (κ3) is 16.4. The van der Waals surface area contributed by atoms with Gasteiger partial charge in [-0.2, -0.15) is 0 Å².